The highest BCUT2D eigenvalue weighted by molar-refractivity contribution is 7.91. The van der Waals surface area contributed by atoms with E-state index >= 15 is 0 Å². The molecular formula is C11H17NO3S2. The fraction of sp³-hybridized carbons (Fsp3) is 0.636. The number of nitrogens with zero attached hydrogens (tertiary/aromatic N) is 1. The Bertz CT molecular complexity index is 515. The summed E-state index contributed by atoms with van der Waals surface area (Å²) in [6, 6.07) is 0. The maximum absolute atomic E-state index is 11.8. The molecule has 0 N–H and O–H groups in total. The number of thiazole rings is 1. The molecule has 1 aromatic heterocycles. The van der Waals surface area contributed by atoms with Crippen LogP contribution < -0.4 is 0 Å². The van der Waals surface area contributed by atoms with E-state index in [-0.39, 0.29) is 11.5 Å². The van der Waals surface area contributed by atoms with E-state index in [1.807, 2.05) is 6.92 Å². The molecule has 0 bridgehead atoms. The molecule has 0 saturated carbocycles. The second kappa shape index (κ2) is 5.27. The monoisotopic (exact) mass is 275 g/mol. The van der Waals surface area contributed by atoms with Crippen LogP contribution in [0.4, 0.5) is 0 Å². The summed E-state index contributed by atoms with van der Waals surface area (Å²) in [5.41, 5.74) is 0.705. The highest BCUT2D eigenvalue weighted by Crippen LogP contribution is 2.22. The maximum Gasteiger partial charge on any atom is 0.171 e. The smallest absolute Gasteiger partial charge is 0.171 e. The van der Waals surface area contributed by atoms with Gasteiger partial charge < -0.3 is 0 Å². The summed E-state index contributed by atoms with van der Waals surface area (Å²) < 4.78 is 23.5. The van der Waals surface area contributed by atoms with Crippen LogP contribution in [-0.4, -0.2) is 24.4 Å². The zero-order valence-corrected chi connectivity index (χ0v) is 12.1. The van der Waals surface area contributed by atoms with Gasteiger partial charge in [0.1, 0.15) is 10.8 Å². The normalized spacial score (nSPS) is 12.1. The molecule has 0 aliphatic carbocycles. The number of rotatable bonds is 5. The predicted molar refractivity (Wildman–Crippen MR) is 69.3 cm³/mol. The Morgan fingerprint density at radius 3 is 2.35 bits per heavy atom. The molecule has 0 fully saturated rings. The number of Topliss-reactive ketones (excluding diaryl/α,β-unsaturated/α-hetero) is 1. The van der Waals surface area contributed by atoms with E-state index in [9.17, 15) is 13.2 Å². The fourth-order valence-corrected chi connectivity index (χ4v) is 3.63. The molecule has 0 atom stereocenters. The zero-order valence-electron chi connectivity index (χ0n) is 10.5. The third-order valence-electron chi connectivity index (χ3n) is 2.44. The molecule has 17 heavy (non-hydrogen) atoms. The van der Waals surface area contributed by atoms with Crippen LogP contribution >= 0.6 is 11.3 Å². The molecule has 0 saturated heterocycles. The Balaban J connectivity index is 3.06. The number of carbonyl (C=O) groups is 1. The van der Waals surface area contributed by atoms with Crippen molar-refractivity contribution in [2.24, 2.45) is 0 Å². The van der Waals surface area contributed by atoms with Crippen LogP contribution in [0.5, 0.6) is 0 Å². The largest absolute Gasteiger partial charge is 0.294 e. The van der Waals surface area contributed by atoms with Crippen LogP contribution in [0.3, 0.4) is 0 Å². The standard InChI is InChI=1S/C11H17NO3S2/c1-5-9-11(8(4)13)16-10(12-9)6-17(14,15)7(2)3/h7H,5-6H2,1-4H3. The number of aryl methyl sites for hydroxylation is 1. The first kappa shape index (κ1) is 14.3. The van der Waals surface area contributed by atoms with Crippen molar-refractivity contribution in [2.75, 3.05) is 0 Å². The van der Waals surface area contributed by atoms with Crippen molar-refractivity contribution in [3.8, 4) is 0 Å². The highest BCUT2D eigenvalue weighted by atomic mass is 32.2. The van der Waals surface area contributed by atoms with Gasteiger partial charge in [0.05, 0.1) is 15.8 Å². The third-order valence-corrected chi connectivity index (χ3v) is 5.93. The van der Waals surface area contributed by atoms with Gasteiger partial charge in [0.15, 0.2) is 15.6 Å². The lowest BCUT2D eigenvalue weighted by atomic mass is 10.2. The summed E-state index contributed by atoms with van der Waals surface area (Å²) in [5.74, 6) is -0.122. The Kier molecular flexibility index (Phi) is 4.43. The van der Waals surface area contributed by atoms with E-state index in [0.29, 0.717) is 22.0 Å². The van der Waals surface area contributed by atoms with E-state index in [0.717, 1.165) is 0 Å². The van der Waals surface area contributed by atoms with Crippen LogP contribution in [0, 0.1) is 0 Å². The Morgan fingerprint density at radius 2 is 2.00 bits per heavy atom. The molecule has 0 radical (unpaired) electrons. The van der Waals surface area contributed by atoms with Gasteiger partial charge in [0.2, 0.25) is 0 Å². The van der Waals surface area contributed by atoms with Crippen molar-refractivity contribution in [2.45, 2.75) is 45.1 Å². The number of sulfone groups is 1. The van der Waals surface area contributed by atoms with Crippen LogP contribution in [0.15, 0.2) is 0 Å². The van der Waals surface area contributed by atoms with Gasteiger partial charge in [-0.05, 0) is 20.3 Å². The average molecular weight is 275 g/mol. The van der Waals surface area contributed by atoms with Crippen LogP contribution in [0.25, 0.3) is 0 Å². The van der Waals surface area contributed by atoms with Crippen molar-refractivity contribution in [1.29, 1.82) is 0 Å². The molecule has 0 aliphatic heterocycles. The van der Waals surface area contributed by atoms with Gasteiger partial charge >= 0.3 is 0 Å². The third kappa shape index (κ3) is 3.35. The van der Waals surface area contributed by atoms with Crippen molar-refractivity contribution < 1.29 is 13.2 Å². The first-order chi connectivity index (χ1) is 7.77. The van der Waals surface area contributed by atoms with E-state index in [1.165, 1.54) is 18.3 Å². The molecule has 0 spiro atoms. The molecule has 6 heteroatoms. The van der Waals surface area contributed by atoms with Gasteiger partial charge in [0, 0.05) is 6.92 Å². The molecule has 1 heterocycles. The van der Waals surface area contributed by atoms with E-state index in [1.54, 1.807) is 13.8 Å². The first-order valence-electron chi connectivity index (χ1n) is 5.49. The molecule has 96 valence electrons. The van der Waals surface area contributed by atoms with Gasteiger partial charge in [-0.1, -0.05) is 6.92 Å². The molecule has 0 aliphatic rings. The molecule has 1 rings (SSSR count). The number of carbonyl (C=O) groups excluding carboxylic acids is 1. The van der Waals surface area contributed by atoms with Gasteiger partial charge in [-0.25, -0.2) is 13.4 Å². The van der Waals surface area contributed by atoms with Crippen molar-refractivity contribution in [3.63, 3.8) is 0 Å². The first-order valence-corrected chi connectivity index (χ1v) is 8.02. The molecule has 4 nitrogen and oxygen atoms in total. The van der Waals surface area contributed by atoms with Gasteiger partial charge in [-0.2, -0.15) is 0 Å². The number of aromatic nitrogens is 1. The summed E-state index contributed by atoms with van der Waals surface area (Å²) in [7, 11) is -3.15. The van der Waals surface area contributed by atoms with Gasteiger partial charge in [-0.3, -0.25) is 4.79 Å². The quantitative estimate of drug-likeness (QED) is 0.773. The van der Waals surface area contributed by atoms with Gasteiger partial charge in [0.25, 0.3) is 0 Å². The summed E-state index contributed by atoms with van der Waals surface area (Å²) in [4.78, 5) is 16.2. The Labute approximate surface area is 106 Å². The lowest BCUT2D eigenvalue weighted by Gasteiger charge is -2.04. The number of hydrogen-bond acceptors (Lipinski definition) is 5. The lowest BCUT2D eigenvalue weighted by Crippen LogP contribution is -2.15. The topological polar surface area (TPSA) is 64.1 Å². The Hall–Kier alpha value is -0.750. The van der Waals surface area contributed by atoms with Crippen LogP contribution in [-0.2, 0) is 22.0 Å². The second-order valence-electron chi connectivity index (χ2n) is 4.15. The van der Waals surface area contributed by atoms with Crippen molar-refractivity contribution in [3.05, 3.63) is 15.6 Å². The molecule has 1 aromatic rings. The maximum atomic E-state index is 11.8. The molecule has 0 aromatic carbocycles. The van der Waals surface area contributed by atoms with E-state index in [4.69, 9.17) is 0 Å². The summed E-state index contributed by atoms with van der Waals surface area (Å²) in [5, 5.41) is 0.0954. The predicted octanol–water partition coefficient (Wildman–Crippen LogP) is 2.23. The SMILES string of the molecule is CCc1nc(CS(=O)(=O)C(C)C)sc1C(C)=O. The zero-order chi connectivity index (χ0) is 13.2. The molecular weight excluding hydrogens is 258 g/mol. The van der Waals surface area contributed by atoms with Crippen molar-refractivity contribution >= 4 is 27.0 Å². The summed E-state index contributed by atoms with van der Waals surface area (Å²) in [6.07, 6.45) is 0.646. The summed E-state index contributed by atoms with van der Waals surface area (Å²) >= 11 is 1.20. The highest BCUT2D eigenvalue weighted by Gasteiger charge is 2.21. The lowest BCUT2D eigenvalue weighted by molar-refractivity contribution is 0.102. The van der Waals surface area contributed by atoms with Crippen LogP contribution in [0.2, 0.25) is 0 Å². The number of hydrogen-bond donors (Lipinski definition) is 0. The average Bonchev–Trinajstić information content (AvgIpc) is 2.60. The fourth-order valence-electron chi connectivity index (χ4n) is 1.32. The van der Waals surface area contributed by atoms with Gasteiger partial charge in [-0.15, -0.1) is 11.3 Å². The summed E-state index contributed by atoms with van der Waals surface area (Å²) in [6.45, 7) is 6.68. The van der Waals surface area contributed by atoms with E-state index in [2.05, 4.69) is 4.98 Å². The second-order valence-corrected chi connectivity index (χ2v) is 7.79. The van der Waals surface area contributed by atoms with E-state index < -0.39 is 15.1 Å². The Morgan fingerprint density at radius 1 is 1.41 bits per heavy atom. The number of ketones is 1. The minimum Gasteiger partial charge on any atom is -0.294 e. The molecule has 0 unspecified atom stereocenters. The van der Waals surface area contributed by atoms with Crippen molar-refractivity contribution in [1.82, 2.24) is 4.98 Å². The minimum atomic E-state index is -3.15. The van der Waals surface area contributed by atoms with Crippen LogP contribution in [0.1, 0.15) is 48.1 Å². The minimum absolute atomic E-state index is 0.0486. The molecule has 0 amide bonds.